The number of aromatic nitrogens is 4. The second kappa shape index (κ2) is 5.94. The summed E-state index contributed by atoms with van der Waals surface area (Å²) in [6.45, 7) is 0.506. The number of nitrogens with zero attached hydrogens (tertiary/aromatic N) is 6. The van der Waals surface area contributed by atoms with Gasteiger partial charge in [-0.2, -0.15) is 9.57 Å². The molecule has 0 bridgehead atoms. The van der Waals surface area contributed by atoms with Crippen molar-refractivity contribution in [3.05, 3.63) is 30.6 Å². The molecule has 9 nitrogen and oxygen atoms in total. The van der Waals surface area contributed by atoms with E-state index in [1.807, 2.05) is 6.07 Å². The number of hydrogen-bond donors (Lipinski definition) is 0. The first-order valence-corrected chi connectivity index (χ1v) is 8.30. The van der Waals surface area contributed by atoms with Crippen LogP contribution in [0.2, 0.25) is 0 Å². The first kappa shape index (κ1) is 15.4. The van der Waals surface area contributed by atoms with Crippen molar-refractivity contribution >= 4 is 10.0 Å². The summed E-state index contributed by atoms with van der Waals surface area (Å²) >= 11 is 0. The molecule has 1 saturated heterocycles. The maximum atomic E-state index is 12.5. The van der Waals surface area contributed by atoms with E-state index < -0.39 is 10.0 Å². The van der Waals surface area contributed by atoms with Crippen molar-refractivity contribution in [1.29, 1.82) is 5.26 Å². The molecular formula is C13H14N6O3S. The molecule has 0 spiro atoms. The number of nitriles is 1. The molecule has 0 saturated carbocycles. The van der Waals surface area contributed by atoms with Crippen molar-refractivity contribution in [3.8, 4) is 11.9 Å². The van der Waals surface area contributed by atoms with Crippen molar-refractivity contribution in [2.75, 3.05) is 13.1 Å². The molecule has 2 aromatic heterocycles. The highest BCUT2D eigenvalue weighted by Gasteiger charge is 2.35. The second-order valence-electron chi connectivity index (χ2n) is 5.09. The molecule has 120 valence electrons. The summed E-state index contributed by atoms with van der Waals surface area (Å²) in [5.41, 5.74) is 0.0820. The van der Waals surface area contributed by atoms with Gasteiger partial charge in [-0.15, -0.1) is 0 Å². The van der Waals surface area contributed by atoms with E-state index in [0.717, 1.165) is 0 Å². The third-order valence-electron chi connectivity index (χ3n) is 3.44. The molecule has 1 fully saturated rings. The predicted octanol–water partition coefficient (Wildman–Crippen LogP) is -0.0762. The van der Waals surface area contributed by atoms with Gasteiger partial charge in [-0.05, 0) is 6.42 Å². The fourth-order valence-electron chi connectivity index (χ4n) is 2.31. The molecule has 1 atom stereocenters. The van der Waals surface area contributed by atoms with Gasteiger partial charge in [0, 0.05) is 32.2 Å². The van der Waals surface area contributed by atoms with Gasteiger partial charge in [0.25, 0.3) is 15.9 Å². The van der Waals surface area contributed by atoms with Crippen LogP contribution >= 0.6 is 0 Å². The lowest BCUT2D eigenvalue weighted by molar-refractivity contribution is 0.205. The lowest BCUT2D eigenvalue weighted by Crippen LogP contribution is -2.31. The lowest BCUT2D eigenvalue weighted by Gasteiger charge is -2.15. The van der Waals surface area contributed by atoms with E-state index in [1.165, 1.54) is 29.2 Å². The van der Waals surface area contributed by atoms with Crippen LogP contribution in [0.1, 0.15) is 12.1 Å². The van der Waals surface area contributed by atoms with Crippen molar-refractivity contribution in [1.82, 2.24) is 23.8 Å². The first-order valence-electron chi connectivity index (χ1n) is 6.86. The van der Waals surface area contributed by atoms with Crippen LogP contribution in [-0.4, -0.2) is 51.4 Å². The lowest BCUT2D eigenvalue weighted by atomic mass is 10.3. The van der Waals surface area contributed by atoms with Gasteiger partial charge in [-0.1, -0.05) is 0 Å². The normalized spacial score (nSPS) is 18.7. The maximum Gasteiger partial charge on any atom is 0.262 e. The van der Waals surface area contributed by atoms with E-state index in [0.29, 0.717) is 13.0 Å². The smallest absolute Gasteiger partial charge is 0.262 e. The average Bonchev–Trinajstić information content (AvgIpc) is 3.17. The van der Waals surface area contributed by atoms with Gasteiger partial charge in [0.05, 0.1) is 12.9 Å². The molecule has 2 aromatic rings. The Kier molecular flexibility index (Phi) is 3.97. The number of imidazole rings is 1. The van der Waals surface area contributed by atoms with Gasteiger partial charge >= 0.3 is 0 Å². The highest BCUT2D eigenvalue weighted by atomic mass is 32.2. The molecule has 0 amide bonds. The van der Waals surface area contributed by atoms with Gasteiger partial charge in [0.1, 0.15) is 12.2 Å². The Balaban J connectivity index is 1.73. The van der Waals surface area contributed by atoms with E-state index in [4.69, 9.17) is 10.00 Å². The Morgan fingerprint density at radius 2 is 2.13 bits per heavy atom. The SMILES string of the molecule is Cn1cnc(S(=O)(=O)N2CCC(Oc3nccnc3C#N)C2)c1. The second-order valence-corrected chi connectivity index (χ2v) is 6.98. The zero-order valence-electron chi connectivity index (χ0n) is 12.3. The highest BCUT2D eigenvalue weighted by molar-refractivity contribution is 7.89. The Morgan fingerprint density at radius 1 is 1.35 bits per heavy atom. The van der Waals surface area contributed by atoms with Crippen LogP contribution < -0.4 is 4.74 Å². The molecule has 10 heteroatoms. The quantitative estimate of drug-likeness (QED) is 0.768. The molecular weight excluding hydrogens is 320 g/mol. The van der Waals surface area contributed by atoms with E-state index in [2.05, 4.69) is 15.0 Å². The van der Waals surface area contributed by atoms with E-state index in [1.54, 1.807) is 11.6 Å². The molecule has 0 aliphatic carbocycles. The summed E-state index contributed by atoms with van der Waals surface area (Å²) in [6, 6.07) is 1.90. The van der Waals surface area contributed by atoms with Crippen LogP contribution in [0.4, 0.5) is 0 Å². The fraction of sp³-hybridized carbons (Fsp3) is 0.385. The summed E-state index contributed by atoms with van der Waals surface area (Å²) in [6.07, 6.45) is 5.85. The maximum absolute atomic E-state index is 12.5. The third-order valence-corrected chi connectivity index (χ3v) is 5.19. The fourth-order valence-corrected chi connectivity index (χ4v) is 3.77. The van der Waals surface area contributed by atoms with Gasteiger partial charge in [0.15, 0.2) is 5.03 Å². The monoisotopic (exact) mass is 334 g/mol. The van der Waals surface area contributed by atoms with Crippen molar-refractivity contribution in [2.24, 2.45) is 7.05 Å². The summed E-state index contributed by atoms with van der Waals surface area (Å²) in [4.78, 5) is 11.7. The molecule has 0 N–H and O–H groups in total. The van der Waals surface area contributed by atoms with Gasteiger partial charge < -0.3 is 9.30 Å². The molecule has 1 aliphatic heterocycles. The van der Waals surface area contributed by atoms with E-state index >= 15 is 0 Å². The summed E-state index contributed by atoms with van der Waals surface area (Å²) in [5, 5.41) is 8.99. The molecule has 1 aliphatic rings. The Bertz CT molecular complexity index is 857. The van der Waals surface area contributed by atoms with Gasteiger partial charge in [0.2, 0.25) is 5.69 Å². The zero-order chi connectivity index (χ0) is 16.4. The minimum Gasteiger partial charge on any atom is -0.471 e. The molecule has 3 heterocycles. The van der Waals surface area contributed by atoms with Crippen LogP contribution in [0.3, 0.4) is 0 Å². The number of sulfonamides is 1. The van der Waals surface area contributed by atoms with Crippen molar-refractivity contribution < 1.29 is 13.2 Å². The van der Waals surface area contributed by atoms with E-state index in [9.17, 15) is 8.42 Å². The predicted molar refractivity (Wildman–Crippen MR) is 77.7 cm³/mol. The number of hydrogen-bond acceptors (Lipinski definition) is 7. The Morgan fingerprint density at radius 3 is 2.83 bits per heavy atom. The van der Waals surface area contributed by atoms with E-state index in [-0.39, 0.29) is 29.2 Å². The Hall–Kier alpha value is -2.51. The number of aryl methyl sites for hydroxylation is 1. The molecule has 3 rings (SSSR count). The summed E-state index contributed by atoms with van der Waals surface area (Å²) < 4.78 is 33.5. The van der Waals surface area contributed by atoms with Gasteiger partial charge in [-0.25, -0.2) is 23.4 Å². The summed E-state index contributed by atoms with van der Waals surface area (Å²) in [7, 11) is -1.93. The highest BCUT2D eigenvalue weighted by Crippen LogP contribution is 2.23. The molecule has 0 aromatic carbocycles. The molecule has 23 heavy (non-hydrogen) atoms. The zero-order valence-corrected chi connectivity index (χ0v) is 13.1. The standard InChI is InChI=1S/C13H14N6O3S/c1-18-8-12(17-9-18)23(20,21)19-5-2-10(7-19)22-13-11(6-14)15-3-4-16-13/h3-4,8-10H,2,5,7H2,1H3. The minimum atomic E-state index is -3.64. The first-order chi connectivity index (χ1) is 11.0. The van der Waals surface area contributed by atoms with Crippen molar-refractivity contribution in [2.45, 2.75) is 17.6 Å². The van der Waals surface area contributed by atoms with Crippen LogP contribution in [0.15, 0.2) is 29.9 Å². The largest absolute Gasteiger partial charge is 0.471 e. The topological polar surface area (TPSA) is 114 Å². The Labute approximate surface area is 133 Å². The van der Waals surface area contributed by atoms with Gasteiger partial charge in [-0.3, -0.25) is 0 Å². The summed E-state index contributed by atoms with van der Waals surface area (Å²) in [5.74, 6) is 0.122. The molecule has 1 unspecified atom stereocenters. The minimum absolute atomic E-state index is 0.0119. The average molecular weight is 334 g/mol. The van der Waals surface area contributed by atoms with Crippen LogP contribution in [0, 0.1) is 11.3 Å². The van der Waals surface area contributed by atoms with Crippen molar-refractivity contribution in [3.63, 3.8) is 0 Å². The number of rotatable bonds is 4. The molecule has 0 radical (unpaired) electrons. The van der Waals surface area contributed by atoms with Crippen LogP contribution in [-0.2, 0) is 17.1 Å². The number of ether oxygens (including phenoxy) is 1. The van der Waals surface area contributed by atoms with Crippen LogP contribution in [0.5, 0.6) is 5.88 Å². The van der Waals surface area contributed by atoms with Crippen LogP contribution in [0.25, 0.3) is 0 Å². The third kappa shape index (κ3) is 3.01.